The molecule has 3 aromatic carbocycles. The summed E-state index contributed by atoms with van der Waals surface area (Å²) in [5.74, 6) is 1.89. The Bertz CT molecular complexity index is 1840. The lowest BCUT2D eigenvalue weighted by Gasteiger charge is -2.16. The van der Waals surface area contributed by atoms with Crippen molar-refractivity contribution >= 4 is 10.8 Å². The number of hydrogen-bond donors (Lipinski definition) is 1. The molecule has 0 saturated heterocycles. The van der Waals surface area contributed by atoms with Crippen LogP contribution in [-0.2, 0) is 12.8 Å². The molecule has 0 atom stereocenters. The fourth-order valence-corrected chi connectivity index (χ4v) is 5.20. The molecule has 0 aliphatic heterocycles. The number of rotatable bonds is 8. The van der Waals surface area contributed by atoms with Gasteiger partial charge in [0, 0.05) is 29.1 Å². The van der Waals surface area contributed by atoms with Crippen molar-refractivity contribution in [1.82, 2.24) is 35.2 Å². The highest BCUT2D eigenvalue weighted by Crippen LogP contribution is 2.30. The molecule has 8 nitrogen and oxygen atoms in total. The molecule has 0 aliphatic rings. The van der Waals surface area contributed by atoms with Gasteiger partial charge >= 0.3 is 0 Å². The molecule has 198 valence electrons. The summed E-state index contributed by atoms with van der Waals surface area (Å²) in [6, 6.07) is 26.3. The molecular formula is C32H29N7O. The molecule has 6 rings (SSSR count). The van der Waals surface area contributed by atoms with Gasteiger partial charge in [0.15, 0.2) is 5.82 Å². The average Bonchev–Trinajstić information content (AvgIpc) is 3.53. The molecule has 0 amide bonds. The summed E-state index contributed by atoms with van der Waals surface area (Å²) in [5, 5.41) is 16.3. The van der Waals surface area contributed by atoms with E-state index in [1.54, 1.807) is 10.8 Å². The molecule has 40 heavy (non-hydrogen) atoms. The Labute approximate surface area is 231 Å². The van der Waals surface area contributed by atoms with Gasteiger partial charge in [0.05, 0.1) is 5.69 Å². The van der Waals surface area contributed by atoms with Crippen LogP contribution in [0.25, 0.3) is 39.1 Å². The van der Waals surface area contributed by atoms with E-state index in [2.05, 4.69) is 62.9 Å². The first-order valence-electron chi connectivity index (χ1n) is 13.5. The average molecular weight is 528 g/mol. The third kappa shape index (κ3) is 4.80. The first-order chi connectivity index (χ1) is 19.6. The van der Waals surface area contributed by atoms with E-state index in [1.165, 1.54) is 0 Å². The molecule has 0 aliphatic carbocycles. The number of nitrogens with zero attached hydrogens (tertiary/aromatic N) is 6. The van der Waals surface area contributed by atoms with Gasteiger partial charge in [0.2, 0.25) is 0 Å². The fourth-order valence-electron chi connectivity index (χ4n) is 5.20. The Kier molecular flexibility index (Phi) is 6.97. The SMILES string of the molecule is CCCCc1nc(C)n(-c2nccc3ccccc23)c(=O)c1Cc1ccc(-c2ccccc2-c2nnn[nH]2)cc1. The summed E-state index contributed by atoms with van der Waals surface area (Å²) in [4.78, 5) is 23.7. The number of hydrogen-bond acceptors (Lipinski definition) is 6. The maximum atomic E-state index is 14.1. The molecule has 0 fully saturated rings. The number of unbranched alkanes of at least 4 members (excludes halogenated alkanes) is 1. The Morgan fingerprint density at radius 2 is 1.68 bits per heavy atom. The predicted octanol–water partition coefficient (Wildman–Crippen LogP) is 5.87. The van der Waals surface area contributed by atoms with Crippen molar-refractivity contribution in [3.63, 3.8) is 0 Å². The Balaban J connectivity index is 1.41. The molecule has 3 aromatic heterocycles. The van der Waals surface area contributed by atoms with Crippen LogP contribution in [0, 0.1) is 6.92 Å². The second kappa shape index (κ2) is 11.0. The zero-order chi connectivity index (χ0) is 27.5. The number of tetrazole rings is 1. The summed E-state index contributed by atoms with van der Waals surface area (Å²) >= 11 is 0. The maximum absolute atomic E-state index is 14.1. The van der Waals surface area contributed by atoms with Crippen LogP contribution < -0.4 is 5.56 Å². The number of nitrogens with one attached hydrogen (secondary N) is 1. The zero-order valence-electron chi connectivity index (χ0n) is 22.5. The van der Waals surface area contributed by atoms with Crippen LogP contribution in [0.3, 0.4) is 0 Å². The van der Waals surface area contributed by atoms with Crippen molar-refractivity contribution in [1.29, 1.82) is 0 Å². The van der Waals surface area contributed by atoms with Crippen LogP contribution in [0.1, 0.15) is 42.4 Å². The normalized spacial score (nSPS) is 11.2. The highest BCUT2D eigenvalue weighted by molar-refractivity contribution is 5.88. The van der Waals surface area contributed by atoms with Crippen LogP contribution in [-0.4, -0.2) is 35.2 Å². The minimum Gasteiger partial charge on any atom is -0.268 e. The monoisotopic (exact) mass is 527 g/mol. The third-order valence-electron chi connectivity index (χ3n) is 7.23. The maximum Gasteiger partial charge on any atom is 0.263 e. The molecule has 0 unspecified atom stereocenters. The summed E-state index contributed by atoms with van der Waals surface area (Å²) < 4.78 is 1.67. The van der Waals surface area contributed by atoms with E-state index >= 15 is 0 Å². The second-order valence-electron chi connectivity index (χ2n) is 9.85. The number of aromatic amines is 1. The molecule has 8 heteroatoms. The Morgan fingerprint density at radius 1 is 0.900 bits per heavy atom. The number of aromatic nitrogens is 7. The summed E-state index contributed by atoms with van der Waals surface area (Å²) in [5.41, 5.74) is 5.56. The van der Waals surface area contributed by atoms with Crippen LogP contribution in [0.5, 0.6) is 0 Å². The molecule has 0 radical (unpaired) electrons. The van der Waals surface area contributed by atoms with Gasteiger partial charge < -0.3 is 0 Å². The van der Waals surface area contributed by atoms with Gasteiger partial charge in [-0.2, -0.15) is 0 Å². The lowest BCUT2D eigenvalue weighted by molar-refractivity contribution is 0.730. The van der Waals surface area contributed by atoms with Crippen molar-refractivity contribution in [3.8, 4) is 28.3 Å². The van der Waals surface area contributed by atoms with E-state index in [0.717, 1.165) is 63.5 Å². The fraction of sp³-hybridized carbons (Fsp3) is 0.188. The molecule has 0 saturated carbocycles. The lowest BCUT2D eigenvalue weighted by atomic mass is 9.96. The highest BCUT2D eigenvalue weighted by Gasteiger charge is 2.18. The summed E-state index contributed by atoms with van der Waals surface area (Å²) in [6.45, 7) is 4.04. The molecule has 0 bridgehead atoms. The second-order valence-corrected chi connectivity index (χ2v) is 9.85. The quantitative estimate of drug-likeness (QED) is 0.266. The molecule has 6 aromatic rings. The minimum absolute atomic E-state index is 0.0605. The number of pyridine rings is 1. The third-order valence-corrected chi connectivity index (χ3v) is 7.23. The zero-order valence-corrected chi connectivity index (χ0v) is 22.5. The lowest BCUT2D eigenvalue weighted by Crippen LogP contribution is -2.29. The van der Waals surface area contributed by atoms with Gasteiger partial charge in [-0.25, -0.2) is 19.6 Å². The number of H-pyrrole nitrogens is 1. The van der Waals surface area contributed by atoms with Gasteiger partial charge in [0.25, 0.3) is 5.56 Å². The summed E-state index contributed by atoms with van der Waals surface area (Å²) in [6.07, 6.45) is 5.01. The van der Waals surface area contributed by atoms with Gasteiger partial charge in [-0.15, -0.1) is 5.10 Å². The van der Waals surface area contributed by atoms with E-state index in [9.17, 15) is 4.79 Å². The van der Waals surface area contributed by atoms with E-state index < -0.39 is 0 Å². The first-order valence-corrected chi connectivity index (χ1v) is 13.5. The van der Waals surface area contributed by atoms with Crippen molar-refractivity contribution in [2.45, 2.75) is 39.5 Å². The molecular weight excluding hydrogens is 498 g/mol. The smallest absolute Gasteiger partial charge is 0.263 e. The topological polar surface area (TPSA) is 102 Å². The molecule has 0 spiro atoms. The van der Waals surface area contributed by atoms with Crippen molar-refractivity contribution in [3.05, 3.63) is 118 Å². The van der Waals surface area contributed by atoms with Gasteiger partial charge in [-0.1, -0.05) is 86.1 Å². The molecule has 3 heterocycles. The van der Waals surface area contributed by atoms with E-state index in [0.29, 0.717) is 23.9 Å². The van der Waals surface area contributed by atoms with Crippen LogP contribution in [0.2, 0.25) is 0 Å². The largest absolute Gasteiger partial charge is 0.268 e. The van der Waals surface area contributed by atoms with Crippen LogP contribution in [0.15, 0.2) is 89.9 Å². The van der Waals surface area contributed by atoms with Gasteiger partial charge in [0.1, 0.15) is 11.6 Å². The first kappa shape index (κ1) is 25.3. The van der Waals surface area contributed by atoms with Crippen molar-refractivity contribution in [2.24, 2.45) is 0 Å². The highest BCUT2D eigenvalue weighted by atomic mass is 16.1. The van der Waals surface area contributed by atoms with Crippen molar-refractivity contribution < 1.29 is 0 Å². The number of fused-ring (bicyclic) bond motifs is 1. The van der Waals surface area contributed by atoms with E-state index in [1.807, 2.05) is 55.5 Å². The summed E-state index contributed by atoms with van der Waals surface area (Å²) in [7, 11) is 0. The minimum atomic E-state index is -0.0605. The van der Waals surface area contributed by atoms with E-state index in [-0.39, 0.29) is 5.56 Å². The standard InChI is InChI=1S/C32H29N7O/c1-3-4-13-29-28(32(40)39(21(2)34-29)31-26-11-6-5-9-23(26)18-19-33-31)20-22-14-16-24(17-15-22)25-10-7-8-12-27(25)30-35-37-38-36-30/h5-12,14-19H,3-4,13,20H2,1-2H3,(H,35,36,37,38). The Hall–Kier alpha value is -4.98. The van der Waals surface area contributed by atoms with Gasteiger partial charge in [-0.3, -0.25) is 4.79 Å². The Morgan fingerprint density at radius 3 is 2.45 bits per heavy atom. The predicted molar refractivity (Wildman–Crippen MR) is 156 cm³/mol. The van der Waals surface area contributed by atoms with Crippen LogP contribution >= 0.6 is 0 Å². The number of aryl methyl sites for hydroxylation is 2. The van der Waals surface area contributed by atoms with Crippen LogP contribution in [0.4, 0.5) is 0 Å². The van der Waals surface area contributed by atoms with E-state index in [4.69, 9.17) is 4.98 Å². The van der Waals surface area contributed by atoms with Gasteiger partial charge in [-0.05, 0) is 58.3 Å². The van der Waals surface area contributed by atoms with Crippen molar-refractivity contribution in [2.75, 3.05) is 0 Å². The number of benzene rings is 3. The molecule has 1 N–H and O–H groups in total.